The van der Waals surface area contributed by atoms with Gasteiger partial charge in [0.15, 0.2) is 0 Å². The molecule has 1 aliphatic heterocycles. The molecule has 0 amide bonds. The maximum Gasteiger partial charge on any atom is 0.137 e. The summed E-state index contributed by atoms with van der Waals surface area (Å²) < 4.78 is 6.79. The van der Waals surface area contributed by atoms with Crippen molar-refractivity contribution < 1.29 is 9.84 Å². The van der Waals surface area contributed by atoms with E-state index in [2.05, 4.69) is 29.8 Å². The molecular formula is C13H17BrO2. The number of halogens is 1. The van der Waals surface area contributed by atoms with E-state index >= 15 is 0 Å². The fourth-order valence-electron chi connectivity index (χ4n) is 2.02. The average molecular weight is 285 g/mol. The Bertz CT molecular complexity index is 430. The highest BCUT2D eigenvalue weighted by atomic mass is 79.9. The van der Waals surface area contributed by atoms with E-state index in [4.69, 9.17) is 4.74 Å². The van der Waals surface area contributed by atoms with Crippen LogP contribution in [0, 0.1) is 0 Å². The lowest BCUT2D eigenvalue weighted by molar-refractivity contribution is 0.0784. The van der Waals surface area contributed by atoms with Crippen molar-refractivity contribution in [2.75, 3.05) is 0 Å². The highest BCUT2D eigenvalue weighted by Gasteiger charge is 2.33. The van der Waals surface area contributed by atoms with Crippen molar-refractivity contribution in [3.63, 3.8) is 0 Å². The van der Waals surface area contributed by atoms with Gasteiger partial charge in [0.25, 0.3) is 0 Å². The molecule has 88 valence electrons. The van der Waals surface area contributed by atoms with Crippen LogP contribution >= 0.6 is 15.9 Å². The summed E-state index contributed by atoms with van der Waals surface area (Å²) in [4.78, 5) is 0. The third-order valence-electron chi connectivity index (χ3n) is 2.82. The summed E-state index contributed by atoms with van der Waals surface area (Å²) in [5.74, 6) is 0.915. The SMILES string of the molecule is CC1(C)Cc2cc(C(C)(C)O)cc(Br)c2O1. The molecule has 3 heteroatoms. The zero-order valence-electron chi connectivity index (χ0n) is 10.1. The monoisotopic (exact) mass is 284 g/mol. The molecule has 0 bridgehead atoms. The standard InChI is InChI=1S/C13H17BrO2/c1-12(2)7-8-5-9(13(3,4)15)6-10(14)11(8)16-12/h5-6,15H,7H2,1-4H3. The normalized spacial score (nSPS) is 18.1. The van der Waals surface area contributed by atoms with Crippen LogP contribution in [0.25, 0.3) is 0 Å². The van der Waals surface area contributed by atoms with Gasteiger partial charge in [0.2, 0.25) is 0 Å². The van der Waals surface area contributed by atoms with Gasteiger partial charge in [-0.2, -0.15) is 0 Å². The van der Waals surface area contributed by atoms with Crippen molar-refractivity contribution in [1.29, 1.82) is 0 Å². The minimum Gasteiger partial charge on any atom is -0.486 e. The van der Waals surface area contributed by atoms with Gasteiger partial charge in [-0.1, -0.05) is 0 Å². The Balaban J connectivity index is 2.50. The molecule has 1 heterocycles. The summed E-state index contributed by atoms with van der Waals surface area (Å²) >= 11 is 3.51. The Morgan fingerprint density at radius 3 is 2.56 bits per heavy atom. The molecule has 1 N–H and O–H groups in total. The molecular weight excluding hydrogens is 268 g/mol. The molecule has 0 fully saturated rings. The summed E-state index contributed by atoms with van der Waals surface area (Å²) in [6.07, 6.45) is 0.880. The molecule has 0 radical (unpaired) electrons. The van der Waals surface area contributed by atoms with Crippen LogP contribution in [-0.4, -0.2) is 10.7 Å². The summed E-state index contributed by atoms with van der Waals surface area (Å²) in [7, 11) is 0. The van der Waals surface area contributed by atoms with Crippen LogP contribution < -0.4 is 4.74 Å². The van der Waals surface area contributed by atoms with Gasteiger partial charge in [0.05, 0.1) is 10.1 Å². The largest absolute Gasteiger partial charge is 0.486 e. The molecule has 0 saturated heterocycles. The van der Waals surface area contributed by atoms with E-state index in [-0.39, 0.29) is 5.60 Å². The number of hydrogen-bond acceptors (Lipinski definition) is 2. The summed E-state index contributed by atoms with van der Waals surface area (Å²) in [5.41, 5.74) is 1.11. The Kier molecular flexibility index (Phi) is 2.59. The number of rotatable bonds is 1. The first kappa shape index (κ1) is 11.9. The van der Waals surface area contributed by atoms with E-state index < -0.39 is 5.60 Å². The summed E-state index contributed by atoms with van der Waals surface area (Å²) in [6.45, 7) is 7.73. The number of benzene rings is 1. The van der Waals surface area contributed by atoms with Crippen LogP contribution in [0.4, 0.5) is 0 Å². The van der Waals surface area contributed by atoms with Gasteiger partial charge in [-0.3, -0.25) is 0 Å². The van der Waals surface area contributed by atoms with E-state index in [1.807, 2.05) is 12.1 Å². The van der Waals surface area contributed by atoms with Gasteiger partial charge in [0, 0.05) is 6.42 Å². The van der Waals surface area contributed by atoms with Crippen LogP contribution in [-0.2, 0) is 12.0 Å². The topological polar surface area (TPSA) is 29.5 Å². The van der Waals surface area contributed by atoms with Crippen molar-refractivity contribution in [3.05, 3.63) is 27.7 Å². The molecule has 1 aliphatic rings. The second kappa shape index (κ2) is 3.47. The maximum absolute atomic E-state index is 10.0. The fourth-order valence-corrected chi connectivity index (χ4v) is 2.60. The Morgan fingerprint density at radius 1 is 1.38 bits per heavy atom. The smallest absolute Gasteiger partial charge is 0.137 e. The predicted molar refractivity (Wildman–Crippen MR) is 67.8 cm³/mol. The van der Waals surface area contributed by atoms with Crippen LogP contribution in [0.15, 0.2) is 16.6 Å². The number of aliphatic hydroxyl groups is 1. The lowest BCUT2D eigenvalue weighted by atomic mass is 9.94. The molecule has 1 aromatic rings. The molecule has 0 spiro atoms. The Hall–Kier alpha value is -0.540. The van der Waals surface area contributed by atoms with Crippen LogP contribution in [0.2, 0.25) is 0 Å². The van der Waals surface area contributed by atoms with Gasteiger partial charge >= 0.3 is 0 Å². The maximum atomic E-state index is 10.0. The molecule has 0 saturated carbocycles. The van der Waals surface area contributed by atoms with Gasteiger partial charge in [-0.25, -0.2) is 0 Å². The summed E-state index contributed by atoms with van der Waals surface area (Å²) in [5, 5.41) is 10.0. The molecule has 1 aromatic carbocycles. The molecule has 0 unspecified atom stereocenters. The second-order valence-corrected chi connectivity index (χ2v) is 6.40. The van der Waals surface area contributed by atoms with Gasteiger partial charge < -0.3 is 9.84 Å². The number of hydrogen-bond donors (Lipinski definition) is 1. The van der Waals surface area contributed by atoms with Crippen molar-refractivity contribution in [2.24, 2.45) is 0 Å². The zero-order chi connectivity index (χ0) is 12.1. The predicted octanol–water partition coefficient (Wildman–Crippen LogP) is 3.39. The van der Waals surface area contributed by atoms with Gasteiger partial charge in [-0.05, 0) is 66.9 Å². The van der Waals surface area contributed by atoms with Crippen LogP contribution in [0.5, 0.6) is 5.75 Å². The Morgan fingerprint density at radius 2 is 2.00 bits per heavy atom. The minimum absolute atomic E-state index is 0.150. The van der Waals surface area contributed by atoms with Crippen molar-refractivity contribution >= 4 is 15.9 Å². The second-order valence-electron chi connectivity index (χ2n) is 5.54. The van der Waals surface area contributed by atoms with E-state index in [1.165, 1.54) is 0 Å². The molecule has 2 rings (SSSR count). The van der Waals surface area contributed by atoms with E-state index in [0.29, 0.717) is 0 Å². The quantitative estimate of drug-likeness (QED) is 0.857. The fraction of sp³-hybridized carbons (Fsp3) is 0.538. The highest BCUT2D eigenvalue weighted by molar-refractivity contribution is 9.10. The zero-order valence-corrected chi connectivity index (χ0v) is 11.7. The van der Waals surface area contributed by atoms with Crippen molar-refractivity contribution in [3.8, 4) is 5.75 Å². The third-order valence-corrected chi connectivity index (χ3v) is 3.41. The number of ether oxygens (including phenoxy) is 1. The molecule has 0 aliphatic carbocycles. The minimum atomic E-state index is -0.815. The first-order chi connectivity index (χ1) is 7.19. The summed E-state index contributed by atoms with van der Waals surface area (Å²) in [6, 6.07) is 3.97. The van der Waals surface area contributed by atoms with Crippen molar-refractivity contribution in [1.82, 2.24) is 0 Å². The highest BCUT2D eigenvalue weighted by Crippen LogP contribution is 2.42. The lowest BCUT2D eigenvalue weighted by Gasteiger charge is -2.19. The number of fused-ring (bicyclic) bond motifs is 1. The van der Waals surface area contributed by atoms with Crippen molar-refractivity contribution in [2.45, 2.75) is 45.3 Å². The first-order valence-corrected chi connectivity index (χ1v) is 6.23. The average Bonchev–Trinajstić information content (AvgIpc) is 2.38. The van der Waals surface area contributed by atoms with Gasteiger partial charge in [-0.15, -0.1) is 0 Å². The van der Waals surface area contributed by atoms with E-state index in [9.17, 15) is 5.11 Å². The molecule has 0 aromatic heterocycles. The first-order valence-electron chi connectivity index (χ1n) is 5.43. The van der Waals surface area contributed by atoms with Crippen LogP contribution in [0.1, 0.15) is 38.8 Å². The molecule has 2 nitrogen and oxygen atoms in total. The molecule has 16 heavy (non-hydrogen) atoms. The van der Waals surface area contributed by atoms with Crippen LogP contribution in [0.3, 0.4) is 0 Å². The lowest BCUT2D eigenvalue weighted by Crippen LogP contribution is -2.24. The van der Waals surface area contributed by atoms with E-state index in [0.717, 1.165) is 27.8 Å². The molecule has 0 atom stereocenters. The third kappa shape index (κ3) is 2.11. The van der Waals surface area contributed by atoms with Gasteiger partial charge in [0.1, 0.15) is 11.4 Å². The van der Waals surface area contributed by atoms with E-state index in [1.54, 1.807) is 13.8 Å². The Labute approximate surface area is 105 Å².